The number of likely N-dealkylation sites (tertiary alicyclic amines) is 1. The van der Waals surface area contributed by atoms with E-state index in [1.165, 1.54) is 11.2 Å². The van der Waals surface area contributed by atoms with E-state index in [1.807, 2.05) is 26.0 Å². The van der Waals surface area contributed by atoms with Crippen molar-refractivity contribution in [2.45, 2.75) is 32.7 Å². The molecule has 128 valence electrons. The summed E-state index contributed by atoms with van der Waals surface area (Å²) in [6, 6.07) is 3.79. The SMILES string of the molecule is Cc1ccc(-c2nnc([C@@H]3CCCN3C(=O)c3cncnc3C)o2)s1. The molecule has 0 unspecified atom stereocenters. The molecule has 0 radical (unpaired) electrons. The molecule has 0 saturated carbocycles. The fraction of sp³-hybridized carbons (Fsp3) is 0.353. The minimum absolute atomic E-state index is 0.0904. The quantitative estimate of drug-likeness (QED) is 0.717. The summed E-state index contributed by atoms with van der Waals surface area (Å²) in [6.07, 6.45) is 4.72. The van der Waals surface area contributed by atoms with Crippen LogP contribution in [0.3, 0.4) is 0 Å². The van der Waals surface area contributed by atoms with E-state index in [2.05, 4.69) is 20.2 Å². The summed E-state index contributed by atoms with van der Waals surface area (Å²) in [5.41, 5.74) is 1.19. The van der Waals surface area contributed by atoms with Crippen molar-refractivity contribution in [2.75, 3.05) is 6.54 Å². The first kappa shape index (κ1) is 15.9. The van der Waals surface area contributed by atoms with Gasteiger partial charge in [-0.05, 0) is 38.8 Å². The molecule has 1 atom stereocenters. The first-order chi connectivity index (χ1) is 12.1. The van der Waals surface area contributed by atoms with Crippen LogP contribution in [-0.2, 0) is 0 Å². The van der Waals surface area contributed by atoms with Gasteiger partial charge >= 0.3 is 0 Å². The Kier molecular flexibility index (Phi) is 4.04. The molecule has 1 aliphatic heterocycles. The predicted octanol–water partition coefficient (Wildman–Crippen LogP) is 3.18. The molecule has 1 aliphatic rings. The molecule has 0 aliphatic carbocycles. The Bertz CT molecular complexity index is 919. The molecule has 0 spiro atoms. The Morgan fingerprint density at radius 2 is 2.20 bits per heavy atom. The molecule has 7 nitrogen and oxygen atoms in total. The van der Waals surface area contributed by atoms with Crippen molar-refractivity contribution in [3.05, 3.63) is 46.7 Å². The lowest BCUT2D eigenvalue weighted by Crippen LogP contribution is -2.31. The van der Waals surface area contributed by atoms with E-state index < -0.39 is 0 Å². The fourth-order valence-corrected chi connectivity index (χ4v) is 3.83. The maximum absolute atomic E-state index is 12.9. The second-order valence-corrected chi connectivity index (χ2v) is 7.32. The molecule has 0 bridgehead atoms. The molecular formula is C17H17N5O2S. The zero-order valence-corrected chi connectivity index (χ0v) is 14.8. The number of aromatic nitrogens is 4. The summed E-state index contributed by atoms with van der Waals surface area (Å²) >= 11 is 1.61. The van der Waals surface area contributed by atoms with E-state index >= 15 is 0 Å². The minimum Gasteiger partial charge on any atom is -0.418 e. The monoisotopic (exact) mass is 355 g/mol. The molecule has 1 saturated heterocycles. The third-order valence-electron chi connectivity index (χ3n) is 4.33. The highest BCUT2D eigenvalue weighted by Gasteiger charge is 2.35. The number of aryl methyl sites for hydroxylation is 2. The van der Waals surface area contributed by atoms with Crippen molar-refractivity contribution in [2.24, 2.45) is 0 Å². The Morgan fingerprint density at radius 1 is 1.32 bits per heavy atom. The van der Waals surface area contributed by atoms with Gasteiger partial charge in [-0.2, -0.15) is 0 Å². The molecule has 8 heteroatoms. The maximum Gasteiger partial charge on any atom is 0.257 e. The number of carbonyl (C=O) groups is 1. The average molecular weight is 355 g/mol. The van der Waals surface area contributed by atoms with E-state index in [4.69, 9.17) is 4.42 Å². The molecule has 0 N–H and O–H groups in total. The predicted molar refractivity (Wildman–Crippen MR) is 92.1 cm³/mol. The number of rotatable bonds is 3. The Balaban J connectivity index is 1.61. The van der Waals surface area contributed by atoms with Crippen molar-refractivity contribution in [1.82, 2.24) is 25.1 Å². The lowest BCUT2D eigenvalue weighted by Gasteiger charge is -2.22. The summed E-state index contributed by atoms with van der Waals surface area (Å²) in [7, 11) is 0. The second kappa shape index (κ2) is 6.36. The van der Waals surface area contributed by atoms with Crippen molar-refractivity contribution in [1.29, 1.82) is 0 Å². The molecule has 4 rings (SSSR count). The lowest BCUT2D eigenvalue weighted by atomic mass is 10.2. The van der Waals surface area contributed by atoms with E-state index in [1.54, 1.807) is 22.4 Å². The lowest BCUT2D eigenvalue weighted by molar-refractivity contribution is 0.0714. The van der Waals surface area contributed by atoms with Crippen LogP contribution in [0, 0.1) is 13.8 Å². The van der Waals surface area contributed by atoms with Crippen molar-refractivity contribution >= 4 is 17.2 Å². The number of nitrogens with zero attached hydrogens (tertiary/aromatic N) is 5. The molecule has 4 heterocycles. The molecule has 1 amide bonds. The van der Waals surface area contributed by atoms with Crippen LogP contribution in [0.25, 0.3) is 10.8 Å². The highest BCUT2D eigenvalue weighted by atomic mass is 32.1. The Morgan fingerprint density at radius 3 is 2.96 bits per heavy atom. The molecule has 0 aromatic carbocycles. The third-order valence-corrected chi connectivity index (χ3v) is 5.32. The number of hydrogen-bond acceptors (Lipinski definition) is 7. The summed E-state index contributed by atoms with van der Waals surface area (Å²) in [5.74, 6) is 0.903. The van der Waals surface area contributed by atoms with Gasteiger partial charge in [0.1, 0.15) is 12.4 Å². The summed E-state index contributed by atoms with van der Waals surface area (Å²) < 4.78 is 5.88. The van der Waals surface area contributed by atoms with Gasteiger partial charge in [-0.25, -0.2) is 9.97 Å². The number of hydrogen-bond donors (Lipinski definition) is 0. The molecule has 3 aromatic heterocycles. The van der Waals surface area contributed by atoms with Gasteiger partial charge in [-0.3, -0.25) is 4.79 Å². The van der Waals surface area contributed by atoms with Gasteiger partial charge in [-0.1, -0.05) is 0 Å². The molecule has 1 fully saturated rings. The highest BCUT2D eigenvalue weighted by molar-refractivity contribution is 7.15. The Hall–Kier alpha value is -2.61. The van der Waals surface area contributed by atoms with Crippen LogP contribution >= 0.6 is 11.3 Å². The number of amides is 1. The Labute approximate surface area is 148 Å². The zero-order valence-electron chi connectivity index (χ0n) is 14.0. The average Bonchev–Trinajstić information content (AvgIpc) is 3.34. The largest absolute Gasteiger partial charge is 0.418 e. The van der Waals surface area contributed by atoms with Crippen LogP contribution in [0.1, 0.15) is 45.7 Å². The van der Waals surface area contributed by atoms with Gasteiger partial charge in [0.05, 0.1) is 16.1 Å². The first-order valence-electron chi connectivity index (χ1n) is 8.11. The van der Waals surface area contributed by atoms with E-state index in [0.29, 0.717) is 29.6 Å². The first-order valence-corrected chi connectivity index (χ1v) is 8.93. The third kappa shape index (κ3) is 2.93. The van der Waals surface area contributed by atoms with Gasteiger partial charge in [0, 0.05) is 17.6 Å². The van der Waals surface area contributed by atoms with Gasteiger partial charge in [0.25, 0.3) is 11.8 Å². The molecular weight excluding hydrogens is 338 g/mol. The molecule has 3 aromatic rings. The smallest absolute Gasteiger partial charge is 0.257 e. The normalized spacial score (nSPS) is 17.2. The second-order valence-electron chi connectivity index (χ2n) is 6.03. The maximum atomic E-state index is 12.9. The van der Waals surface area contributed by atoms with Crippen LogP contribution in [0.2, 0.25) is 0 Å². The summed E-state index contributed by atoms with van der Waals surface area (Å²) in [6.45, 7) is 4.50. The van der Waals surface area contributed by atoms with Crippen molar-refractivity contribution < 1.29 is 9.21 Å². The van der Waals surface area contributed by atoms with Crippen LogP contribution in [-0.4, -0.2) is 37.5 Å². The van der Waals surface area contributed by atoms with Crippen molar-refractivity contribution in [3.63, 3.8) is 0 Å². The van der Waals surface area contributed by atoms with E-state index in [9.17, 15) is 4.79 Å². The van der Waals surface area contributed by atoms with Crippen LogP contribution in [0.5, 0.6) is 0 Å². The number of carbonyl (C=O) groups excluding carboxylic acids is 1. The minimum atomic E-state index is -0.200. The standard InChI is InChI=1S/C17H17N5O2S/c1-10-5-6-14(25-10)16-21-20-15(24-16)13-4-3-7-22(13)17(23)12-8-18-9-19-11(12)2/h5-6,8-9,13H,3-4,7H2,1-2H3/t13-/m0/s1. The zero-order chi connectivity index (χ0) is 17.4. The number of thiophene rings is 1. The van der Waals surface area contributed by atoms with Gasteiger partial charge in [0.15, 0.2) is 0 Å². The van der Waals surface area contributed by atoms with Crippen LogP contribution in [0.15, 0.2) is 29.1 Å². The van der Waals surface area contributed by atoms with Crippen molar-refractivity contribution in [3.8, 4) is 10.8 Å². The van der Waals surface area contributed by atoms with Crippen LogP contribution in [0.4, 0.5) is 0 Å². The van der Waals surface area contributed by atoms with E-state index in [-0.39, 0.29) is 11.9 Å². The molecule has 25 heavy (non-hydrogen) atoms. The highest BCUT2D eigenvalue weighted by Crippen LogP contribution is 2.35. The summed E-state index contributed by atoms with van der Waals surface area (Å²) in [5, 5.41) is 8.36. The van der Waals surface area contributed by atoms with Gasteiger partial charge in [0.2, 0.25) is 5.89 Å². The van der Waals surface area contributed by atoms with Gasteiger partial charge < -0.3 is 9.32 Å². The topological polar surface area (TPSA) is 85.0 Å². The summed E-state index contributed by atoms with van der Waals surface area (Å²) in [4.78, 5) is 24.9. The van der Waals surface area contributed by atoms with Crippen LogP contribution < -0.4 is 0 Å². The van der Waals surface area contributed by atoms with E-state index in [0.717, 1.165) is 17.7 Å². The van der Waals surface area contributed by atoms with Gasteiger partial charge in [-0.15, -0.1) is 21.5 Å². The fourth-order valence-electron chi connectivity index (χ4n) is 3.04.